The molecule has 1 aliphatic rings. The van der Waals surface area contributed by atoms with E-state index in [0.717, 1.165) is 13.0 Å². The fourth-order valence-electron chi connectivity index (χ4n) is 2.68. The Morgan fingerprint density at radius 1 is 1.21 bits per heavy atom. The second-order valence-electron chi connectivity index (χ2n) is 5.38. The zero-order chi connectivity index (χ0) is 13.3. The Morgan fingerprint density at radius 3 is 2.63 bits per heavy atom. The minimum atomic E-state index is 0.716. The zero-order valence-electron chi connectivity index (χ0n) is 11.9. The summed E-state index contributed by atoms with van der Waals surface area (Å²) in [5.74, 6) is 0. The monoisotopic (exact) mass is 258 g/mol. The van der Waals surface area contributed by atoms with Gasteiger partial charge in [-0.3, -0.25) is 0 Å². The van der Waals surface area contributed by atoms with E-state index in [1.807, 2.05) is 6.08 Å². The lowest BCUT2D eigenvalue weighted by Crippen LogP contribution is -2.43. The fraction of sp³-hybridized carbons (Fsp3) is 0.529. The summed E-state index contributed by atoms with van der Waals surface area (Å²) in [5.41, 5.74) is 1.45. The first-order chi connectivity index (χ1) is 9.38. The molecule has 1 fully saturated rings. The van der Waals surface area contributed by atoms with Crippen LogP contribution in [0.15, 0.2) is 43.0 Å². The zero-order valence-corrected chi connectivity index (χ0v) is 11.9. The smallest absolute Gasteiger partial charge is 0.00915 e. The van der Waals surface area contributed by atoms with Crippen LogP contribution in [0.5, 0.6) is 0 Å². The Hall–Kier alpha value is -1.12. The van der Waals surface area contributed by atoms with E-state index >= 15 is 0 Å². The van der Waals surface area contributed by atoms with E-state index < -0.39 is 0 Å². The predicted octanol–water partition coefficient (Wildman–Crippen LogP) is 2.86. The number of nitrogens with zero attached hydrogens (tertiary/aromatic N) is 1. The summed E-state index contributed by atoms with van der Waals surface area (Å²) in [6.07, 6.45) is 6.81. The predicted molar refractivity (Wildman–Crippen MR) is 82.4 cm³/mol. The lowest BCUT2D eigenvalue weighted by atomic mass is 10.0. The van der Waals surface area contributed by atoms with Crippen molar-refractivity contribution in [3.05, 3.63) is 48.6 Å². The average Bonchev–Trinajstić information content (AvgIpc) is 2.48. The van der Waals surface area contributed by atoms with Gasteiger partial charge in [0.15, 0.2) is 0 Å². The molecule has 1 saturated heterocycles. The first kappa shape index (κ1) is 14.3. The molecule has 1 N–H and O–H groups in total. The summed E-state index contributed by atoms with van der Waals surface area (Å²) in [6, 6.07) is 11.5. The van der Waals surface area contributed by atoms with Crippen LogP contribution in [-0.2, 0) is 6.42 Å². The van der Waals surface area contributed by atoms with E-state index in [9.17, 15) is 0 Å². The molecule has 0 saturated carbocycles. The summed E-state index contributed by atoms with van der Waals surface area (Å²) in [4.78, 5) is 2.60. The minimum absolute atomic E-state index is 0.716. The van der Waals surface area contributed by atoms with Crippen molar-refractivity contribution in [3.8, 4) is 0 Å². The van der Waals surface area contributed by atoms with Gasteiger partial charge in [0.2, 0.25) is 0 Å². The van der Waals surface area contributed by atoms with Crippen molar-refractivity contribution < 1.29 is 0 Å². The molecule has 0 amide bonds. The molecule has 1 aromatic rings. The molecule has 104 valence electrons. The van der Waals surface area contributed by atoms with Crippen LogP contribution in [0.4, 0.5) is 0 Å². The highest BCUT2D eigenvalue weighted by Crippen LogP contribution is 2.11. The molecule has 0 bridgehead atoms. The SMILES string of the molecule is C=CCCNC1CCN(CCc2ccccc2)CC1. The van der Waals surface area contributed by atoms with E-state index in [-0.39, 0.29) is 0 Å². The Labute approximate surface area is 117 Å². The second kappa shape index (κ2) is 8.13. The van der Waals surface area contributed by atoms with Crippen LogP contribution in [-0.4, -0.2) is 37.1 Å². The maximum absolute atomic E-state index is 3.76. The van der Waals surface area contributed by atoms with Gasteiger partial charge in [-0.1, -0.05) is 36.4 Å². The van der Waals surface area contributed by atoms with E-state index in [1.165, 1.54) is 44.5 Å². The van der Waals surface area contributed by atoms with Crippen molar-refractivity contribution in [2.75, 3.05) is 26.2 Å². The van der Waals surface area contributed by atoms with Crippen molar-refractivity contribution in [2.24, 2.45) is 0 Å². The average molecular weight is 258 g/mol. The normalized spacial score (nSPS) is 17.5. The van der Waals surface area contributed by atoms with Gasteiger partial charge in [-0.2, -0.15) is 0 Å². The summed E-state index contributed by atoms with van der Waals surface area (Å²) in [6.45, 7) is 8.51. The van der Waals surface area contributed by atoms with Crippen LogP contribution in [0.2, 0.25) is 0 Å². The first-order valence-electron chi connectivity index (χ1n) is 7.49. The number of nitrogens with one attached hydrogen (secondary N) is 1. The molecule has 19 heavy (non-hydrogen) atoms. The van der Waals surface area contributed by atoms with E-state index in [0.29, 0.717) is 6.04 Å². The van der Waals surface area contributed by atoms with Gasteiger partial charge < -0.3 is 10.2 Å². The van der Waals surface area contributed by atoms with Gasteiger partial charge in [0.1, 0.15) is 0 Å². The summed E-state index contributed by atoms with van der Waals surface area (Å²) in [5, 5.41) is 3.62. The minimum Gasteiger partial charge on any atom is -0.314 e. The molecule has 2 nitrogen and oxygen atoms in total. The largest absolute Gasteiger partial charge is 0.314 e. The lowest BCUT2D eigenvalue weighted by Gasteiger charge is -2.32. The highest BCUT2D eigenvalue weighted by Gasteiger charge is 2.17. The van der Waals surface area contributed by atoms with Gasteiger partial charge in [-0.05, 0) is 50.9 Å². The van der Waals surface area contributed by atoms with Crippen molar-refractivity contribution in [1.29, 1.82) is 0 Å². The van der Waals surface area contributed by atoms with E-state index in [1.54, 1.807) is 0 Å². The van der Waals surface area contributed by atoms with Crippen LogP contribution in [0.25, 0.3) is 0 Å². The molecule has 0 aromatic heterocycles. The highest BCUT2D eigenvalue weighted by atomic mass is 15.1. The maximum Gasteiger partial charge on any atom is 0.00915 e. The Balaban J connectivity index is 1.62. The summed E-state index contributed by atoms with van der Waals surface area (Å²) in [7, 11) is 0. The number of hydrogen-bond acceptors (Lipinski definition) is 2. The topological polar surface area (TPSA) is 15.3 Å². The molecule has 0 atom stereocenters. The van der Waals surface area contributed by atoms with Gasteiger partial charge in [-0.15, -0.1) is 6.58 Å². The Kier molecular flexibility index (Phi) is 6.12. The van der Waals surface area contributed by atoms with Gasteiger partial charge >= 0.3 is 0 Å². The first-order valence-corrected chi connectivity index (χ1v) is 7.49. The molecule has 2 rings (SSSR count). The molecule has 0 aliphatic carbocycles. The summed E-state index contributed by atoms with van der Waals surface area (Å²) >= 11 is 0. The van der Waals surface area contributed by atoms with Crippen molar-refractivity contribution in [3.63, 3.8) is 0 Å². The number of likely N-dealkylation sites (tertiary alicyclic amines) is 1. The molecule has 2 heteroatoms. The Bertz CT molecular complexity index is 353. The highest BCUT2D eigenvalue weighted by molar-refractivity contribution is 5.14. The van der Waals surface area contributed by atoms with Crippen LogP contribution in [0.1, 0.15) is 24.8 Å². The van der Waals surface area contributed by atoms with E-state index in [2.05, 4.69) is 47.1 Å². The van der Waals surface area contributed by atoms with Crippen molar-refractivity contribution in [1.82, 2.24) is 10.2 Å². The second-order valence-corrected chi connectivity index (χ2v) is 5.38. The van der Waals surface area contributed by atoms with Crippen LogP contribution >= 0.6 is 0 Å². The van der Waals surface area contributed by atoms with Gasteiger partial charge in [0, 0.05) is 12.6 Å². The third kappa shape index (κ3) is 5.17. The van der Waals surface area contributed by atoms with Gasteiger partial charge in [0.25, 0.3) is 0 Å². The standard InChI is InChI=1S/C17H26N2/c1-2-3-12-18-17-10-14-19(15-11-17)13-9-16-7-5-4-6-8-16/h2,4-8,17-18H,1,3,9-15H2. The summed E-state index contributed by atoms with van der Waals surface area (Å²) < 4.78 is 0. The molecule has 1 heterocycles. The molecule has 0 unspecified atom stereocenters. The molecule has 1 aromatic carbocycles. The van der Waals surface area contributed by atoms with Crippen LogP contribution in [0.3, 0.4) is 0 Å². The van der Waals surface area contributed by atoms with Crippen molar-refractivity contribution in [2.45, 2.75) is 31.7 Å². The molecule has 1 aliphatic heterocycles. The molecular weight excluding hydrogens is 232 g/mol. The van der Waals surface area contributed by atoms with E-state index in [4.69, 9.17) is 0 Å². The number of rotatable bonds is 7. The number of benzene rings is 1. The number of piperidine rings is 1. The molecule has 0 spiro atoms. The van der Waals surface area contributed by atoms with Crippen molar-refractivity contribution >= 4 is 0 Å². The third-order valence-electron chi connectivity index (χ3n) is 3.93. The third-order valence-corrected chi connectivity index (χ3v) is 3.93. The van der Waals surface area contributed by atoms with Gasteiger partial charge in [0.05, 0.1) is 0 Å². The lowest BCUT2D eigenvalue weighted by molar-refractivity contribution is 0.200. The fourth-order valence-corrected chi connectivity index (χ4v) is 2.68. The quantitative estimate of drug-likeness (QED) is 0.597. The van der Waals surface area contributed by atoms with Crippen LogP contribution in [0, 0.1) is 0 Å². The number of hydrogen-bond donors (Lipinski definition) is 1. The van der Waals surface area contributed by atoms with Gasteiger partial charge in [-0.25, -0.2) is 0 Å². The Morgan fingerprint density at radius 2 is 1.95 bits per heavy atom. The van der Waals surface area contributed by atoms with Crippen LogP contribution < -0.4 is 5.32 Å². The molecule has 0 radical (unpaired) electrons. The molecular formula is C17H26N2. The maximum atomic E-state index is 3.76.